The van der Waals surface area contributed by atoms with Crippen LogP contribution in [0.3, 0.4) is 0 Å². The molecule has 0 aliphatic rings. The van der Waals surface area contributed by atoms with Gasteiger partial charge in [0, 0.05) is 11.1 Å². The second-order valence-corrected chi connectivity index (χ2v) is 8.20. The smallest absolute Gasteiger partial charge is 0.0546 e. The molecule has 0 fully saturated rings. The molecule has 0 aromatic heterocycles. The first-order chi connectivity index (χ1) is 9.49. The fourth-order valence-corrected chi connectivity index (χ4v) is 2.47. The van der Waals surface area contributed by atoms with Gasteiger partial charge in [0.2, 0.25) is 0 Å². The Labute approximate surface area is 133 Å². The van der Waals surface area contributed by atoms with Gasteiger partial charge in [0.25, 0.3) is 0 Å². The van der Waals surface area contributed by atoms with E-state index in [2.05, 4.69) is 76.7 Å². The fraction of sp³-hybridized carbons (Fsp3) is 1.00. The predicted octanol–water partition coefficient (Wildman–Crippen LogP) is 2.80. The van der Waals surface area contributed by atoms with Crippen LogP contribution in [-0.2, 0) is 0 Å². The average molecular weight is 301 g/mol. The molecule has 4 N–H and O–H groups in total. The van der Waals surface area contributed by atoms with E-state index < -0.39 is 0 Å². The first-order valence-corrected chi connectivity index (χ1v) is 8.52. The highest BCUT2D eigenvalue weighted by Gasteiger charge is 2.13. The largest absolute Gasteiger partial charge is 0.302 e. The number of rotatable bonds is 10. The SMILES string of the molecule is CC(NCCCCCNC(C)NC(C)(C)C)NC(C)(C)C. The van der Waals surface area contributed by atoms with E-state index in [1.165, 1.54) is 19.3 Å². The van der Waals surface area contributed by atoms with Crippen LogP contribution in [0.1, 0.15) is 74.7 Å². The summed E-state index contributed by atoms with van der Waals surface area (Å²) < 4.78 is 0. The van der Waals surface area contributed by atoms with Gasteiger partial charge in [-0.25, -0.2) is 0 Å². The van der Waals surface area contributed by atoms with Gasteiger partial charge in [0.05, 0.1) is 12.3 Å². The fourth-order valence-electron chi connectivity index (χ4n) is 2.47. The third-order valence-electron chi connectivity index (χ3n) is 3.05. The number of hydrogen-bond acceptors (Lipinski definition) is 4. The summed E-state index contributed by atoms with van der Waals surface area (Å²) in [6, 6.07) is 0. The molecule has 0 aromatic rings. The minimum absolute atomic E-state index is 0.173. The topological polar surface area (TPSA) is 48.1 Å². The van der Waals surface area contributed by atoms with Crippen molar-refractivity contribution in [2.75, 3.05) is 13.1 Å². The molecular formula is C17H40N4. The van der Waals surface area contributed by atoms with Crippen molar-refractivity contribution in [3.05, 3.63) is 0 Å². The third-order valence-corrected chi connectivity index (χ3v) is 3.05. The molecule has 21 heavy (non-hydrogen) atoms. The molecule has 4 heteroatoms. The highest BCUT2D eigenvalue weighted by atomic mass is 15.1. The summed E-state index contributed by atoms with van der Waals surface area (Å²) in [5.74, 6) is 0. The van der Waals surface area contributed by atoms with Crippen molar-refractivity contribution >= 4 is 0 Å². The predicted molar refractivity (Wildman–Crippen MR) is 94.6 cm³/mol. The van der Waals surface area contributed by atoms with E-state index in [1.54, 1.807) is 0 Å². The Balaban J connectivity index is 3.45. The monoisotopic (exact) mass is 300 g/mol. The average Bonchev–Trinajstić information content (AvgIpc) is 2.22. The van der Waals surface area contributed by atoms with Gasteiger partial charge in [-0.2, -0.15) is 0 Å². The van der Waals surface area contributed by atoms with Crippen LogP contribution >= 0.6 is 0 Å². The maximum Gasteiger partial charge on any atom is 0.0546 e. The lowest BCUT2D eigenvalue weighted by atomic mass is 10.1. The Bertz CT molecular complexity index is 226. The highest BCUT2D eigenvalue weighted by Crippen LogP contribution is 2.01. The Morgan fingerprint density at radius 1 is 0.619 bits per heavy atom. The van der Waals surface area contributed by atoms with E-state index in [-0.39, 0.29) is 11.1 Å². The first-order valence-electron chi connectivity index (χ1n) is 8.52. The third kappa shape index (κ3) is 16.0. The van der Waals surface area contributed by atoms with Crippen LogP contribution in [0, 0.1) is 0 Å². The Kier molecular flexibility index (Phi) is 9.70. The van der Waals surface area contributed by atoms with Crippen molar-refractivity contribution < 1.29 is 0 Å². The molecule has 0 aliphatic heterocycles. The molecule has 128 valence electrons. The molecule has 0 spiro atoms. The summed E-state index contributed by atoms with van der Waals surface area (Å²) in [5, 5.41) is 14.1. The lowest BCUT2D eigenvalue weighted by molar-refractivity contribution is 0.326. The standard InChI is InChI=1S/C17H40N4/c1-14(20-16(3,4)5)18-12-10-9-11-13-19-15(2)21-17(6,7)8/h14-15,18-21H,9-13H2,1-8H3. The molecule has 0 heterocycles. The summed E-state index contributed by atoms with van der Waals surface area (Å²) in [7, 11) is 0. The van der Waals surface area contributed by atoms with Gasteiger partial charge >= 0.3 is 0 Å². The Morgan fingerprint density at radius 2 is 0.952 bits per heavy atom. The zero-order valence-corrected chi connectivity index (χ0v) is 15.7. The van der Waals surface area contributed by atoms with Crippen molar-refractivity contribution in [3.8, 4) is 0 Å². The van der Waals surface area contributed by atoms with Gasteiger partial charge in [-0.3, -0.25) is 10.6 Å². The van der Waals surface area contributed by atoms with Crippen LogP contribution in [0.2, 0.25) is 0 Å². The molecule has 4 nitrogen and oxygen atoms in total. The highest BCUT2D eigenvalue weighted by molar-refractivity contribution is 4.74. The van der Waals surface area contributed by atoms with Crippen molar-refractivity contribution in [1.82, 2.24) is 21.3 Å². The molecule has 2 atom stereocenters. The van der Waals surface area contributed by atoms with Crippen molar-refractivity contribution in [3.63, 3.8) is 0 Å². The molecule has 0 bridgehead atoms. The van der Waals surface area contributed by atoms with Crippen LogP contribution in [0.4, 0.5) is 0 Å². The van der Waals surface area contributed by atoms with Crippen LogP contribution in [0.15, 0.2) is 0 Å². The first kappa shape index (κ1) is 20.8. The quantitative estimate of drug-likeness (QED) is 0.370. The summed E-state index contributed by atoms with van der Waals surface area (Å²) in [6.07, 6.45) is 4.49. The van der Waals surface area contributed by atoms with E-state index in [9.17, 15) is 0 Å². The van der Waals surface area contributed by atoms with Crippen LogP contribution in [-0.4, -0.2) is 36.5 Å². The zero-order chi connectivity index (χ0) is 16.5. The van der Waals surface area contributed by atoms with Crippen LogP contribution in [0.25, 0.3) is 0 Å². The molecule has 0 aromatic carbocycles. The molecule has 0 radical (unpaired) electrons. The lowest BCUT2D eigenvalue weighted by Crippen LogP contribution is -2.49. The second-order valence-electron chi connectivity index (χ2n) is 8.20. The minimum Gasteiger partial charge on any atom is -0.302 e. The van der Waals surface area contributed by atoms with Gasteiger partial charge in [0.1, 0.15) is 0 Å². The molecular weight excluding hydrogens is 260 g/mol. The summed E-state index contributed by atoms with van der Waals surface area (Å²) >= 11 is 0. The lowest BCUT2D eigenvalue weighted by Gasteiger charge is -2.27. The normalized spacial score (nSPS) is 16.0. The zero-order valence-electron chi connectivity index (χ0n) is 15.7. The van der Waals surface area contributed by atoms with Gasteiger partial charge in [0.15, 0.2) is 0 Å². The summed E-state index contributed by atoms with van der Waals surface area (Å²) in [6.45, 7) is 19.7. The molecule has 0 saturated carbocycles. The van der Waals surface area contributed by atoms with Crippen LogP contribution in [0.5, 0.6) is 0 Å². The molecule has 0 amide bonds. The number of unbranched alkanes of at least 4 members (excludes halogenated alkanes) is 2. The Morgan fingerprint density at radius 3 is 1.24 bits per heavy atom. The van der Waals surface area contributed by atoms with Crippen LogP contribution < -0.4 is 21.3 Å². The molecule has 0 aliphatic carbocycles. The van der Waals surface area contributed by atoms with E-state index in [0.29, 0.717) is 12.3 Å². The van der Waals surface area contributed by atoms with E-state index in [1.807, 2.05) is 0 Å². The maximum absolute atomic E-state index is 3.53. The minimum atomic E-state index is 0.173. The Hall–Kier alpha value is -0.160. The van der Waals surface area contributed by atoms with Gasteiger partial charge in [-0.1, -0.05) is 6.42 Å². The number of nitrogens with one attached hydrogen (secondary N) is 4. The van der Waals surface area contributed by atoms with Crippen molar-refractivity contribution in [1.29, 1.82) is 0 Å². The molecule has 2 unspecified atom stereocenters. The van der Waals surface area contributed by atoms with Gasteiger partial charge in [-0.05, 0) is 81.3 Å². The molecule has 0 saturated heterocycles. The summed E-state index contributed by atoms with van der Waals surface area (Å²) in [5.41, 5.74) is 0.346. The summed E-state index contributed by atoms with van der Waals surface area (Å²) in [4.78, 5) is 0. The van der Waals surface area contributed by atoms with Gasteiger partial charge in [-0.15, -0.1) is 0 Å². The van der Waals surface area contributed by atoms with E-state index >= 15 is 0 Å². The van der Waals surface area contributed by atoms with E-state index in [0.717, 1.165) is 13.1 Å². The maximum atomic E-state index is 3.53. The van der Waals surface area contributed by atoms with Crippen molar-refractivity contribution in [2.24, 2.45) is 0 Å². The number of hydrogen-bond donors (Lipinski definition) is 4. The second kappa shape index (κ2) is 9.78. The van der Waals surface area contributed by atoms with Crippen molar-refractivity contribution in [2.45, 2.75) is 98.1 Å². The molecule has 0 rings (SSSR count). The van der Waals surface area contributed by atoms with E-state index in [4.69, 9.17) is 0 Å². The van der Waals surface area contributed by atoms with Gasteiger partial charge < -0.3 is 10.6 Å².